The van der Waals surface area contributed by atoms with Crippen LogP contribution in [0.15, 0.2) is 103 Å². The lowest BCUT2D eigenvalue weighted by atomic mass is 9.81. The molecule has 0 spiro atoms. The first kappa shape index (κ1) is 23.4. The van der Waals surface area contributed by atoms with E-state index < -0.39 is 11.2 Å². The molecule has 0 atom stereocenters. The number of benzene rings is 5. The van der Waals surface area contributed by atoms with Crippen molar-refractivity contribution in [2.75, 3.05) is 0 Å². The van der Waals surface area contributed by atoms with Crippen molar-refractivity contribution in [1.29, 1.82) is 0 Å². The Bertz CT molecular complexity index is 1510. The van der Waals surface area contributed by atoms with Crippen LogP contribution in [-0.4, -0.2) is 23.8 Å². The summed E-state index contributed by atoms with van der Waals surface area (Å²) in [6, 6.07) is 36.8. The lowest BCUT2D eigenvalue weighted by Gasteiger charge is -2.37. The minimum atomic E-state index is -0.929. The zero-order valence-corrected chi connectivity index (χ0v) is 20.9. The Labute approximate surface area is 208 Å². The van der Waals surface area contributed by atoms with E-state index in [2.05, 4.69) is 103 Å². The number of hydrogen-bond donors (Lipinski definition) is 1. The molecule has 0 saturated carbocycles. The second-order valence-corrected chi connectivity index (χ2v) is 10.3. The first-order chi connectivity index (χ1) is 16.7. The zero-order chi connectivity index (χ0) is 24.6. The molecule has 0 aliphatic carbocycles. The molecule has 0 fully saturated rings. The van der Waals surface area contributed by atoms with E-state index in [9.17, 15) is 5.11 Å². The van der Waals surface area contributed by atoms with E-state index in [0.717, 1.165) is 11.0 Å². The van der Waals surface area contributed by atoms with Gasteiger partial charge in [0.05, 0.1) is 11.2 Å². The summed E-state index contributed by atoms with van der Waals surface area (Å²) in [5.41, 5.74) is 4.27. The summed E-state index contributed by atoms with van der Waals surface area (Å²) >= 11 is 0. The molecule has 0 bridgehead atoms. The first-order valence-electron chi connectivity index (χ1n) is 12.2. The molecule has 0 aromatic heterocycles. The van der Waals surface area contributed by atoms with Gasteiger partial charge in [-0.3, -0.25) is 0 Å². The average Bonchev–Trinajstić information content (AvgIpc) is 2.87. The monoisotopic (exact) mass is 458 g/mol. The largest absolute Gasteiger partial charge is 0.427 e. The summed E-state index contributed by atoms with van der Waals surface area (Å²) in [6.45, 7) is 7.42. The lowest BCUT2D eigenvalue weighted by Crippen LogP contribution is -2.49. The van der Waals surface area contributed by atoms with E-state index >= 15 is 0 Å². The predicted octanol–water partition coefficient (Wildman–Crippen LogP) is 6.87. The van der Waals surface area contributed by atoms with E-state index in [4.69, 9.17) is 4.65 Å². The van der Waals surface area contributed by atoms with Gasteiger partial charge in [0.2, 0.25) is 0 Å². The van der Waals surface area contributed by atoms with Gasteiger partial charge in [-0.1, -0.05) is 96.5 Å². The Kier molecular flexibility index (Phi) is 6.00. The van der Waals surface area contributed by atoms with Crippen LogP contribution in [0.25, 0.3) is 43.8 Å². The van der Waals surface area contributed by atoms with Crippen LogP contribution in [0.2, 0.25) is 0 Å². The molecule has 0 amide bonds. The third kappa shape index (κ3) is 4.62. The fraction of sp³-hybridized carbons (Fsp3) is 0.188. The second-order valence-electron chi connectivity index (χ2n) is 10.3. The highest BCUT2D eigenvalue weighted by atomic mass is 16.5. The first-order valence-corrected chi connectivity index (χ1v) is 12.2. The van der Waals surface area contributed by atoms with Crippen LogP contribution in [0.1, 0.15) is 27.7 Å². The summed E-state index contributed by atoms with van der Waals surface area (Å²) in [7, 11) is 0.444. The van der Waals surface area contributed by atoms with Gasteiger partial charge in [0.15, 0.2) is 0 Å². The molecule has 0 aliphatic rings. The fourth-order valence-corrected chi connectivity index (χ4v) is 4.44. The highest BCUT2D eigenvalue weighted by Gasteiger charge is 2.35. The molecule has 3 heteroatoms. The summed E-state index contributed by atoms with van der Waals surface area (Å²) in [5.74, 6) is 0. The van der Waals surface area contributed by atoms with Crippen molar-refractivity contribution in [3.8, 4) is 22.3 Å². The van der Waals surface area contributed by atoms with E-state index in [1.807, 2.05) is 13.8 Å². The quantitative estimate of drug-likeness (QED) is 0.222. The number of hydrogen-bond acceptors (Lipinski definition) is 2. The molecule has 0 radical (unpaired) electrons. The Balaban J connectivity index is 1.52. The number of fused-ring (bicyclic) bond motifs is 3. The molecule has 0 unspecified atom stereocenters. The van der Waals surface area contributed by atoms with Gasteiger partial charge in [-0.05, 0) is 83.6 Å². The van der Waals surface area contributed by atoms with Crippen LogP contribution in [0.3, 0.4) is 0 Å². The van der Waals surface area contributed by atoms with Crippen molar-refractivity contribution in [3.63, 3.8) is 0 Å². The smallest absolute Gasteiger partial charge is 0.309 e. The van der Waals surface area contributed by atoms with Gasteiger partial charge in [-0.15, -0.1) is 0 Å². The standard InChI is InChI=1S/C32H31BO2/c1-31(2,34)32(3,4)35-33-26-15-10-13-23(20-26)22-12-9-14-24(19-22)30-21-25-11-5-6-16-27(25)28-17-7-8-18-29(28)30/h5-21,33-34H,1-4H3. The van der Waals surface area contributed by atoms with Gasteiger partial charge in [-0.25, -0.2) is 0 Å². The second kappa shape index (κ2) is 9.00. The van der Waals surface area contributed by atoms with Crippen molar-refractivity contribution in [2.45, 2.75) is 38.9 Å². The van der Waals surface area contributed by atoms with Crippen molar-refractivity contribution in [3.05, 3.63) is 103 Å². The maximum absolute atomic E-state index is 10.4. The van der Waals surface area contributed by atoms with Crippen LogP contribution in [-0.2, 0) is 4.65 Å². The highest BCUT2D eigenvalue weighted by Crippen LogP contribution is 2.36. The lowest BCUT2D eigenvalue weighted by molar-refractivity contribution is -0.0893. The van der Waals surface area contributed by atoms with E-state index in [-0.39, 0.29) is 0 Å². The Morgan fingerprint density at radius 3 is 1.94 bits per heavy atom. The van der Waals surface area contributed by atoms with Crippen LogP contribution in [0, 0.1) is 0 Å². The Hall–Kier alpha value is -3.40. The molecule has 35 heavy (non-hydrogen) atoms. The van der Waals surface area contributed by atoms with Crippen LogP contribution in [0.4, 0.5) is 0 Å². The fourth-order valence-electron chi connectivity index (χ4n) is 4.44. The van der Waals surface area contributed by atoms with Gasteiger partial charge in [-0.2, -0.15) is 0 Å². The molecule has 0 aliphatic heterocycles. The van der Waals surface area contributed by atoms with Crippen LogP contribution in [0.5, 0.6) is 0 Å². The molecule has 5 aromatic rings. The zero-order valence-electron chi connectivity index (χ0n) is 20.9. The number of rotatable bonds is 6. The normalized spacial score (nSPS) is 12.3. The van der Waals surface area contributed by atoms with Gasteiger partial charge in [0, 0.05) is 0 Å². The molecule has 0 saturated heterocycles. The topological polar surface area (TPSA) is 29.5 Å². The van der Waals surface area contributed by atoms with Gasteiger partial charge in [0.1, 0.15) is 0 Å². The van der Waals surface area contributed by atoms with Crippen LogP contribution >= 0.6 is 0 Å². The minimum Gasteiger partial charge on any atom is -0.427 e. The minimum absolute atomic E-state index is 0.444. The maximum atomic E-state index is 10.4. The molecule has 2 nitrogen and oxygen atoms in total. The summed E-state index contributed by atoms with van der Waals surface area (Å²) in [6.07, 6.45) is 0. The average molecular weight is 458 g/mol. The SMILES string of the molecule is CC(C)(O)C(C)(C)OBc1cccc(-c2cccc(-c3cc4ccccc4c4ccccc34)c2)c1. The van der Waals surface area contributed by atoms with Crippen molar-refractivity contribution < 1.29 is 9.76 Å². The summed E-state index contributed by atoms with van der Waals surface area (Å²) < 4.78 is 6.10. The third-order valence-electron chi connectivity index (χ3n) is 7.27. The molecule has 5 rings (SSSR count). The van der Waals surface area contributed by atoms with Gasteiger partial charge < -0.3 is 9.76 Å². The van der Waals surface area contributed by atoms with E-state index in [0.29, 0.717) is 7.48 Å². The van der Waals surface area contributed by atoms with Crippen LogP contribution < -0.4 is 5.46 Å². The Morgan fingerprint density at radius 2 is 1.20 bits per heavy atom. The molecule has 1 N–H and O–H groups in total. The predicted molar refractivity (Wildman–Crippen MR) is 151 cm³/mol. The Morgan fingerprint density at radius 1 is 0.600 bits per heavy atom. The van der Waals surface area contributed by atoms with Gasteiger partial charge >= 0.3 is 7.48 Å². The molecule has 174 valence electrons. The highest BCUT2D eigenvalue weighted by molar-refractivity contribution is 6.47. The van der Waals surface area contributed by atoms with Crippen molar-refractivity contribution in [1.82, 2.24) is 0 Å². The number of aliphatic hydroxyl groups is 1. The third-order valence-corrected chi connectivity index (χ3v) is 7.27. The molecular weight excluding hydrogens is 427 g/mol. The van der Waals surface area contributed by atoms with Crippen molar-refractivity contribution >= 4 is 34.5 Å². The molecular formula is C32H31BO2. The molecule has 0 heterocycles. The van der Waals surface area contributed by atoms with E-state index in [1.54, 1.807) is 13.8 Å². The maximum Gasteiger partial charge on any atom is 0.309 e. The summed E-state index contributed by atoms with van der Waals surface area (Å²) in [4.78, 5) is 0. The summed E-state index contributed by atoms with van der Waals surface area (Å²) in [5, 5.41) is 15.5. The van der Waals surface area contributed by atoms with E-state index in [1.165, 1.54) is 38.2 Å². The van der Waals surface area contributed by atoms with Crippen molar-refractivity contribution in [2.24, 2.45) is 0 Å². The van der Waals surface area contributed by atoms with Gasteiger partial charge in [0.25, 0.3) is 0 Å². The molecule has 5 aromatic carbocycles.